The summed E-state index contributed by atoms with van der Waals surface area (Å²) in [6.07, 6.45) is -0.566. The van der Waals surface area contributed by atoms with E-state index in [0.717, 1.165) is 31.9 Å². The van der Waals surface area contributed by atoms with Crippen molar-refractivity contribution in [1.82, 2.24) is 9.34 Å². The third kappa shape index (κ3) is 5.42. The summed E-state index contributed by atoms with van der Waals surface area (Å²) in [6, 6.07) is 20.2. The molecule has 0 spiro atoms. The standard InChI is InChI=1S/C26H27N4O6P/c1-19(36-37(34,28-14-15-28)29-16-17-29)21-10-13-24(30(32)33)25(18-21)35-23-11-8-20(9-12-23)26(31)27(2)22-6-4-3-5-7-22/h3-13,18-19H,14-17H2,1-2H3. The number of carbonyl (C=O) groups excluding carboxylic acids is 1. The number of para-hydroxylation sites is 1. The SMILES string of the molecule is CC(OP(=O)(N1CC1)N1CC1)c1ccc([N+](=O)[O-])c(Oc2ccc(C(=O)N(C)c3ccccc3)cc2)c1. The maximum Gasteiger partial charge on any atom is 0.346 e. The van der Waals surface area contributed by atoms with E-state index in [9.17, 15) is 19.5 Å². The Morgan fingerprint density at radius 3 is 2.19 bits per heavy atom. The van der Waals surface area contributed by atoms with Crippen LogP contribution in [0.2, 0.25) is 0 Å². The number of rotatable bonds is 10. The second-order valence-electron chi connectivity index (χ2n) is 8.96. The highest BCUT2D eigenvalue weighted by atomic mass is 31.2. The number of carbonyl (C=O) groups is 1. The van der Waals surface area contributed by atoms with E-state index in [0.29, 0.717) is 16.9 Å². The third-order valence-electron chi connectivity index (χ3n) is 6.28. The molecule has 10 nitrogen and oxygen atoms in total. The average molecular weight is 522 g/mol. The molecule has 192 valence electrons. The fraction of sp³-hybridized carbons (Fsp3) is 0.269. The second-order valence-corrected chi connectivity index (χ2v) is 11.3. The monoisotopic (exact) mass is 522 g/mol. The number of nitrogens with zero attached hydrogens (tertiary/aromatic N) is 4. The van der Waals surface area contributed by atoms with Crippen LogP contribution in [0.3, 0.4) is 0 Å². The lowest BCUT2D eigenvalue weighted by Gasteiger charge is -2.24. The van der Waals surface area contributed by atoms with Gasteiger partial charge in [0.15, 0.2) is 0 Å². The number of amides is 1. The fourth-order valence-electron chi connectivity index (χ4n) is 3.95. The van der Waals surface area contributed by atoms with Crippen LogP contribution in [0.1, 0.15) is 28.9 Å². The van der Waals surface area contributed by atoms with Crippen LogP contribution in [-0.4, -0.2) is 53.4 Å². The number of hydrogen-bond donors (Lipinski definition) is 0. The summed E-state index contributed by atoms with van der Waals surface area (Å²) in [7, 11) is -1.37. The summed E-state index contributed by atoms with van der Waals surface area (Å²) in [6.45, 7) is 4.70. The Morgan fingerprint density at radius 2 is 1.62 bits per heavy atom. The van der Waals surface area contributed by atoms with Crippen LogP contribution in [0.15, 0.2) is 72.8 Å². The van der Waals surface area contributed by atoms with Gasteiger partial charge in [-0.1, -0.05) is 18.2 Å². The predicted molar refractivity (Wildman–Crippen MR) is 139 cm³/mol. The molecule has 0 radical (unpaired) electrons. The Balaban J connectivity index is 1.33. The fourth-order valence-corrected chi connectivity index (χ4v) is 6.29. The van der Waals surface area contributed by atoms with Crippen molar-refractivity contribution in [1.29, 1.82) is 0 Å². The van der Waals surface area contributed by atoms with E-state index in [1.165, 1.54) is 6.07 Å². The van der Waals surface area contributed by atoms with Crippen molar-refractivity contribution in [2.24, 2.45) is 0 Å². The molecule has 2 aliphatic rings. The van der Waals surface area contributed by atoms with E-state index in [1.807, 2.05) is 39.7 Å². The molecule has 2 fully saturated rings. The Hall–Kier alpha value is -3.56. The van der Waals surface area contributed by atoms with Gasteiger partial charge >= 0.3 is 13.4 Å². The number of nitro benzene ring substituents is 1. The van der Waals surface area contributed by atoms with Crippen molar-refractivity contribution in [3.63, 3.8) is 0 Å². The Bertz CT molecular complexity index is 1340. The smallest absolute Gasteiger partial charge is 0.346 e. The molecule has 0 bridgehead atoms. The molecule has 2 heterocycles. The van der Waals surface area contributed by atoms with Gasteiger partial charge in [0, 0.05) is 50.5 Å². The maximum atomic E-state index is 13.4. The lowest BCUT2D eigenvalue weighted by Crippen LogP contribution is -2.25. The minimum atomic E-state index is -3.06. The highest BCUT2D eigenvalue weighted by Crippen LogP contribution is 2.63. The van der Waals surface area contributed by atoms with E-state index in [4.69, 9.17) is 9.26 Å². The van der Waals surface area contributed by atoms with Crippen molar-refractivity contribution in [2.45, 2.75) is 13.0 Å². The quantitative estimate of drug-likeness (QED) is 0.149. The van der Waals surface area contributed by atoms with Crippen molar-refractivity contribution in [2.75, 3.05) is 38.1 Å². The minimum Gasteiger partial charge on any atom is -0.450 e. The van der Waals surface area contributed by atoms with Crippen LogP contribution in [0.4, 0.5) is 11.4 Å². The third-order valence-corrected chi connectivity index (χ3v) is 9.11. The van der Waals surface area contributed by atoms with Crippen LogP contribution in [-0.2, 0) is 9.09 Å². The van der Waals surface area contributed by atoms with Crippen molar-refractivity contribution in [3.05, 3.63) is 94.0 Å². The second kappa shape index (κ2) is 10.1. The summed E-state index contributed by atoms with van der Waals surface area (Å²) in [5.41, 5.74) is 1.61. The van der Waals surface area contributed by atoms with Crippen molar-refractivity contribution < 1.29 is 23.5 Å². The zero-order valence-electron chi connectivity index (χ0n) is 20.5. The molecule has 0 aromatic heterocycles. The molecular weight excluding hydrogens is 495 g/mol. The van der Waals surface area contributed by atoms with Gasteiger partial charge in [0.25, 0.3) is 5.91 Å². The first-order valence-electron chi connectivity index (χ1n) is 11.9. The summed E-state index contributed by atoms with van der Waals surface area (Å²) >= 11 is 0. The van der Waals surface area contributed by atoms with Gasteiger partial charge in [-0.15, -0.1) is 0 Å². The summed E-state index contributed by atoms with van der Waals surface area (Å²) in [5.74, 6) is 0.178. The van der Waals surface area contributed by atoms with Gasteiger partial charge in [-0.3, -0.25) is 24.0 Å². The van der Waals surface area contributed by atoms with E-state index in [1.54, 1.807) is 55.3 Å². The lowest BCUT2D eigenvalue weighted by molar-refractivity contribution is -0.385. The molecule has 37 heavy (non-hydrogen) atoms. The first kappa shape index (κ1) is 25.1. The van der Waals surface area contributed by atoms with Crippen LogP contribution in [0.25, 0.3) is 0 Å². The molecule has 0 aliphatic carbocycles. The van der Waals surface area contributed by atoms with Gasteiger partial charge in [-0.2, -0.15) is 0 Å². The van der Waals surface area contributed by atoms with E-state index in [-0.39, 0.29) is 17.3 Å². The van der Waals surface area contributed by atoms with E-state index >= 15 is 0 Å². The summed E-state index contributed by atoms with van der Waals surface area (Å²) in [4.78, 5) is 25.5. The number of anilines is 1. The topological polar surface area (TPSA) is 105 Å². The van der Waals surface area contributed by atoms with Gasteiger partial charge in [-0.05, 0) is 61.0 Å². The van der Waals surface area contributed by atoms with Gasteiger partial charge in [0.2, 0.25) is 5.75 Å². The summed E-state index contributed by atoms with van der Waals surface area (Å²) < 4.78 is 28.9. The molecule has 3 aromatic carbocycles. The predicted octanol–water partition coefficient (Wildman–Crippen LogP) is 5.48. The summed E-state index contributed by atoms with van der Waals surface area (Å²) in [5, 5.41) is 11.7. The zero-order valence-corrected chi connectivity index (χ0v) is 21.4. The van der Waals surface area contributed by atoms with Crippen LogP contribution < -0.4 is 9.64 Å². The lowest BCUT2D eigenvalue weighted by atomic mass is 10.1. The molecular formula is C26H27N4O6P. The first-order chi connectivity index (χ1) is 17.8. The average Bonchev–Trinajstić information content (AvgIpc) is 3.81. The molecule has 5 rings (SSSR count). The molecule has 2 saturated heterocycles. The number of ether oxygens (including phenoxy) is 1. The van der Waals surface area contributed by atoms with Gasteiger partial charge in [-0.25, -0.2) is 9.34 Å². The van der Waals surface area contributed by atoms with Gasteiger partial charge in [0.1, 0.15) is 5.75 Å². The molecule has 0 saturated carbocycles. The minimum absolute atomic E-state index is 0.0340. The normalized spacial score (nSPS) is 16.2. The highest BCUT2D eigenvalue weighted by molar-refractivity contribution is 7.54. The molecule has 1 atom stereocenters. The van der Waals surface area contributed by atoms with Crippen LogP contribution >= 0.6 is 7.67 Å². The number of benzene rings is 3. The van der Waals surface area contributed by atoms with Crippen LogP contribution in [0.5, 0.6) is 11.5 Å². The Morgan fingerprint density at radius 1 is 1.00 bits per heavy atom. The van der Waals surface area contributed by atoms with Gasteiger partial charge in [0.05, 0.1) is 11.0 Å². The van der Waals surface area contributed by atoms with Crippen molar-refractivity contribution in [3.8, 4) is 11.5 Å². The molecule has 3 aromatic rings. The highest BCUT2D eigenvalue weighted by Gasteiger charge is 2.50. The largest absolute Gasteiger partial charge is 0.450 e. The van der Waals surface area contributed by atoms with Gasteiger partial charge < -0.3 is 9.64 Å². The molecule has 1 unspecified atom stereocenters. The van der Waals surface area contributed by atoms with E-state index < -0.39 is 18.7 Å². The Labute approximate surface area is 214 Å². The zero-order chi connectivity index (χ0) is 26.2. The number of nitro groups is 1. The maximum absolute atomic E-state index is 13.4. The number of hydrogen-bond acceptors (Lipinski definition) is 6. The van der Waals surface area contributed by atoms with E-state index in [2.05, 4.69) is 0 Å². The molecule has 1 amide bonds. The first-order valence-corrected chi connectivity index (χ1v) is 13.5. The van der Waals surface area contributed by atoms with Crippen molar-refractivity contribution >= 4 is 25.0 Å². The molecule has 2 aliphatic heterocycles. The Kier molecular flexibility index (Phi) is 6.83. The van der Waals surface area contributed by atoms with Crippen LogP contribution in [0, 0.1) is 10.1 Å². The molecule has 0 N–H and O–H groups in total. The molecule has 11 heteroatoms.